The molecular formula is C13H27NO. The third-order valence-electron chi connectivity index (χ3n) is 3.46. The van der Waals surface area contributed by atoms with Crippen LogP contribution in [0.3, 0.4) is 0 Å². The molecule has 0 spiro atoms. The molecule has 90 valence electrons. The summed E-state index contributed by atoms with van der Waals surface area (Å²) in [7, 11) is 0. The molecule has 1 atom stereocenters. The minimum Gasteiger partial charge on any atom is -0.379 e. The number of hydrogen-bond donors (Lipinski definition) is 0. The van der Waals surface area contributed by atoms with Crippen molar-refractivity contribution in [2.75, 3.05) is 32.8 Å². The maximum atomic E-state index is 5.35. The number of nitrogens with zero attached hydrogens (tertiary/aromatic N) is 1. The molecule has 0 aliphatic carbocycles. The molecule has 1 heterocycles. The summed E-state index contributed by atoms with van der Waals surface area (Å²) in [6, 6.07) is 0. The van der Waals surface area contributed by atoms with Gasteiger partial charge in [-0.3, -0.25) is 4.90 Å². The van der Waals surface area contributed by atoms with Crippen LogP contribution >= 0.6 is 0 Å². The van der Waals surface area contributed by atoms with Gasteiger partial charge in [-0.15, -0.1) is 0 Å². The molecule has 2 heteroatoms. The molecule has 0 radical (unpaired) electrons. The van der Waals surface area contributed by atoms with E-state index in [4.69, 9.17) is 4.74 Å². The number of ether oxygens (including phenoxy) is 1. The Labute approximate surface area is 95.0 Å². The van der Waals surface area contributed by atoms with E-state index in [0.29, 0.717) is 0 Å². The zero-order valence-electron chi connectivity index (χ0n) is 10.5. The van der Waals surface area contributed by atoms with Crippen molar-refractivity contribution in [3.8, 4) is 0 Å². The van der Waals surface area contributed by atoms with Gasteiger partial charge in [-0.1, -0.05) is 33.1 Å². The van der Waals surface area contributed by atoms with Crippen LogP contribution in [0.15, 0.2) is 0 Å². The highest BCUT2D eigenvalue weighted by atomic mass is 16.5. The number of morpholine rings is 1. The Bertz CT molecular complexity index is 139. The molecule has 1 rings (SSSR count). The maximum Gasteiger partial charge on any atom is 0.0594 e. The van der Waals surface area contributed by atoms with Gasteiger partial charge in [0.2, 0.25) is 0 Å². The van der Waals surface area contributed by atoms with E-state index in [0.717, 1.165) is 32.2 Å². The second-order valence-corrected chi connectivity index (χ2v) is 4.66. The van der Waals surface area contributed by atoms with Crippen molar-refractivity contribution in [3.05, 3.63) is 0 Å². The fourth-order valence-electron chi connectivity index (χ4n) is 2.39. The fourth-order valence-corrected chi connectivity index (χ4v) is 2.39. The van der Waals surface area contributed by atoms with Crippen LogP contribution in [0, 0.1) is 5.92 Å². The summed E-state index contributed by atoms with van der Waals surface area (Å²) in [6.45, 7) is 10.1. The van der Waals surface area contributed by atoms with Crippen LogP contribution in [0.1, 0.15) is 46.0 Å². The summed E-state index contributed by atoms with van der Waals surface area (Å²) in [5.74, 6) is 0.969. The zero-order chi connectivity index (χ0) is 10.9. The first kappa shape index (κ1) is 13.0. The summed E-state index contributed by atoms with van der Waals surface area (Å²) < 4.78 is 5.35. The first-order valence-electron chi connectivity index (χ1n) is 6.66. The minimum atomic E-state index is 0.937. The smallest absolute Gasteiger partial charge is 0.0594 e. The lowest BCUT2D eigenvalue weighted by molar-refractivity contribution is 0.0366. The van der Waals surface area contributed by atoms with Crippen LogP contribution in [-0.2, 0) is 4.74 Å². The van der Waals surface area contributed by atoms with Crippen LogP contribution in [0.4, 0.5) is 0 Å². The van der Waals surface area contributed by atoms with Crippen molar-refractivity contribution < 1.29 is 4.74 Å². The lowest BCUT2D eigenvalue weighted by Gasteiger charge is -2.27. The molecule has 15 heavy (non-hydrogen) atoms. The molecule has 0 aromatic rings. The lowest BCUT2D eigenvalue weighted by Crippen LogP contribution is -2.36. The van der Waals surface area contributed by atoms with E-state index >= 15 is 0 Å². The van der Waals surface area contributed by atoms with Gasteiger partial charge < -0.3 is 4.74 Å². The highest BCUT2D eigenvalue weighted by Crippen LogP contribution is 2.17. The first-order chi connectivity index (χ1) is 7.36. The molecule has 0 saturated carbocycles. The van der Waals surface area contributed by atoms with Crippen molar-refractivity contribution in [3.63, 3.8) is 0 Å². The summed E-state index contributed by atoms with van der Waals surface area (Å²) in [4.78, 5) is 2.54. The van der Waals surface area contributed by atoms with E-state index in [9.17, 15) is 0 Å². The molecule has 1 fully saturated rings. The number of rotatable bonds is 7. The Hall–Kier alpha value is -0.0800. The van der Waals surface area contributed by atoms with E-state index in [1.165, 1.54) is 38.6 Å². The average Bonchev–Trinajstić information content (AvgIpc) is 2.29. The monoisotopic (exact) mass is 213 g/mol. The third kappa shape index (κ3) is 5.53. The molecule has 1 unspecified atom stereocenters. The summed E-state index contributed by atoms with van der Waals surface area (Å²) in [5, 5.41) is 0. The van der Waals surface area contributed by atoms with Gasteiger partial charge in [0.25, 0.3) is 0 Å². The molecular weight excluding hydrogens is 186 g/mol. The molecule has 1 aliphatic rings. The highest BCUT2D eigenvalue weighted by Gasteiger charge is 2.11. The maximum absolute atomic E-state index is 5.35. The van der Waals surface area contributed by atoms with E-state index in [-0.39, 0.29) is 0 Å². The Kier molecular flexibility index (Phi) is 7.03. The molecule has 0 aromatic heterocycles. The fraction of sp³-hybridized carbons (Fsp3) is 1.00. The van der Waals surface area contributed by atoms with E-state index in [1.54, 1.807) is 0 Å². The van der Waals surface area contributed by atoms with Crippen molar-refractivity contribution in [2.45, 2.75) is 46.0 Å². The largest absolute Gasteiger partial charge is 0.379 e. The van der Waals surface area contributed by atoms with Gasteiger partial charge in [0.15, 0.2) is 0 Å². The van der Waals surface area contributed by atoms with Gasteiger partial charge in [0, 0.05) is 13.1 Å². The summed E-state index contributed by atoms with van der Waals surface area (Å²) in [5.41, 5.74) is 0. The van der Waals surface area contributed by atoms with Crippen LogP contribution in [0.5, 0.6) is 0 Å². The molecule has 0 N–H and O–H groups in total. The molecule has 0 bridgehead atoms. The lowest BCUT2D eigenvalue weighted by atomic mass is 9.95. The SMILES string of the molecule is CCCC(CC)CCCN1CCOCC1. The zero-order valence-corrected chi connectivity index (χ0v) is 10.5. The van der Waals surface area contributed by atoms with E-state index < -0.39 is 0 Å². The van der Waals surface area contributed by atoms with Gasteiger partial charge in [0.05, 0.1) is 13.2 Å². The Morgan fingerprint density at radius 3 is 2.47 bits per heavy atom. The molecule has 1 aliphatic heterocycles. The number of hydrogen-bond acceptors (Lipinski definition) is 2. The van der Waals surface area contributed by atoms with Crippen molar-refractivity contribution in [2.24, 2.45) is 5.92 Å². The van der Waals surface area contributed by atoms with Crippen molar-refractivity contribution in [1.82, 2.24) is 4.90 Å². The minimum absolute atomic E-state index is 0.937. The van der Waals surface area contributed by atoms with Crippen LogP contribution in [0.25, 0.3) is 0 Å². The third-order valence-corrected chi connectivity index (χ3v) is 3.46. The van der Waals surface area contributed by atoms with E-state index in [1.807, 2.05) is 0 Å². The summed E-state index contributed by atoms with van der Waals surface area (Å²) in [6.07, 6.45) is 6.91. The van der Waals surface area contributed by atoms with Crippen LogP contribution < -0.4 is 0 Å². The first-order valence-corrected chi connectivity index (χ1v) is 6.66. The highest BCUT2D eigenvalue weighted by molar-refractivity contribution is 4.64. The standard InChI is InChI=1S/C13H27NO/c1-3-6-13(4-2)7-5-8-14-9-11-15-12-10-14/h13H,3-12H2,1-2H3. The topological polar surface area (TPSA) is 12.5 Å². The molecule has 0 aromatic carbocycles. The van der Waals surface area contributed by atoms with Gasteiger partial charge in [-0.05, 0) is 25.3 Å². The van der Waals surface area contributed by atoms with Crippen LogP contribution in [-0.4, -0.2) is 37.7 Å². The van der Waals surface area contributed by atoms with Crippen molar-refractivity contribution in [1.29, 1.82) is 0 Å². The van der Waals surface area contributed by atoms with Crippen LogP contribution in [0.2, 0.25) is 0 Å². The second-order valence-electron chi connectivity index (χ2n) is 4.66. The summed E-state index contributed by atoms with van der Waals surface area (Å²) >= 11 is 0. The quantitative estimate of drug-likeness (QED) is 0.645. The Morgan fingerprint density at radius 2 is 1.87 bits per heavy atom. The van der Waals surface area contributed by atoms with Crippen molar-refractivity contribution >= 4 is 0 Å². The average molecular weight is 213 g/mol. The predicted molar refractivity (Wildman–Crippen MR) is 65.2 cm³/mol. The normalized spacial score (nSPS) is 20.4. The van der Waals surface area contributed by atoms with E-state index in [2.05, 4.69) is 18.7 Å². The van der Waals surface area contributed by atoms with Gasteiger partial charge in [0.1, 0.15) is 0 Å². The van der Waals surface area contributed by atoms with Gasteiger partial charge in [-0.25, -0.2) is 0 Å². The second kappa shape index (κ2) is 8.12. The Balaban J connectivity index is 2.03. The molecule has 1 saturated heterocycles. The van der Waals surface area contributed by atoms with Gasteiger partial charge in [-0.2, -0.15) is 0 Å². The predicted octanol–water partition coefficient (Wildman–Crippen LogP) is 2.93. The molecule has 0 amide bonds. The molecule has 2 nitrogen and oxygen atoms in total. The van der Waals surface area contributed by atoms with Gasteiger partial charge >= 0.3 is 0 Å². The Morgan fingerprint density at radius 1 is 1.13 bits per heavy atom.